The summed E-state index contributed by atoms with van der Waals surface area (Å²) in [6, 6.07) is 0. The van der Waals surface area contributed by atoms with Crippen LogP contribution in [0.25, 0.3) is 0 Å². The van der Waals surface area contributed by atoms with E-state index in [1.165, 1.54) is 0 Å². The second kappa shape index (κ2) is 3.02. The van der Waals surface area contributed by atoms with Crippen molar-refractivity contribution >= 4 is 6.21 Å². The normalized spacial score (nSPS) is 25.0. The van der Waals surface area contributed by atoms with Crippen LogP contribution in [0, 0.1) is 0 Å². The quantitative estimate of drug-likeness (QED) is 0.456. The standard InChI is InChI=1S/C6H7NO/c1-2-5-8-6-4-7-3-1/h1-5H,6H2/b3-1+,5-2-,7-4?. The summed E-state index contributed by atoms with van der Waals surface area (Å²) < 4.78 is 4.89. The summed E-state index contributed by atoms with van der Waals surface area (Å²) in [6.07, 6.45) is 8.69. The Bertz CT molecular complexity index is 119. The molecule has 0 aromatic carbocycles. The van der Waals surface area contributed by atoms with Gasteiger partial charge in [0.25, 0.3) is 0 Å². The van der Waals surface area contributed by atoms with E-state index < -0.39 is 0 Å². The Hall–Kier alpha value is -1.05. The lowest BCUT2D eigenvalue weighted by molar-refractivity contribution is 0.305. The van der Waals surface area contributed by atoms with Gasteiger partial charge in [0.05, 0.1) is 6.26 Å². The van der Waals surface area contributed by atoms with Crippen molar-refractivity contribution in [1.82, 2.24) is 0 Å². The number of nitrogens with zero attached hydrogens (tertiary/aromatic N) is 1. The Kier molecular flexibility index (Phi) is 1.92. The highest BCUT2D eigenvalue weighted by Crippen LogP contribution is 1.83. The number of hydrogen-bond acceptors (Lipinski definition) is 2. The Morgan fingerprint density at radius 3 is 3.38 bits per heavy atom. The molecule has 0 aromatic heterocycles. The van der Waals surface area contributed by atoms with Gasteiger partial charge in [-0.05, 0) is 12.2 Å². The average molecular weight is 109 g/mol. The van der Waals surface area contributed by atoms with Crippen LogP contribution in [0.2, 0.25) is 0 Å². The SMILES string of the molecule is C1=N/C=C/C=C\OC1. The third-order valence-electron chi connectivity index (χ3n) is 0.734. The van der Waals surface area contributed by atoms with E-state index in [-0.39, 0.29) is 0 Å². The summed E-state index contributed by atoms with van der Waals surface area (Å²) in [5.74, 6) is 0. The maximum absolute atomic E-state index is 4.89. The number of ether oxygens (including phenoxy) is 1. The van der Waals surface area contributed by atoms with Crippen molar-refractivity contribution in [1.29, 1.82) is 0 Å². The molecule has 0 saturated carbocycles. The van der Waals surface area contributed by atoms with Gasteiger partial charge in [0.1, 0.15) is 6.61 Å². The summed E-state index contributed by atoms with van der Waals surface area (Å²) in [5, 5.41) is 0. The molecule has 8 heavy (non-hydrogen) atoms. The van der Waals surface area contributed by atoms with Crippen molar-refractivity contribution in [2.45, 2.75) is 0 Å². The summed E-state index contributed by atoms with van der Waals surface area (Å²) in [6.45, 7) is 0.570. The molecule has 0 fully saturated rings. The lowest BCUT2D eigenvalue weighted by Gasteiger charge is -1.92. The molecule has 0 atom stereocenters. The molecule has 0 bridgehead atoms. The molecule has 2 heteroatoms. The van der Waals surface area contributed by atoms with E-state index in [2.05, 4.69) is 4.99 Å². The second-order valence-electron chi connectivity index (χ2n) is 1.34. The molecule has 0 saturated heterocycles. The molecule has 0 N–H and O–H groups in total. The molecule has 1 aliphatic rings. The Labute approximate surface area is 48.2 Å². The summed E-state index contributed by atoms with van der Waals surface area (Å²) in [4.78, 5) is 3.85. The van der Waals surface area contributed by atoms with E-state index >= 15 is 0 Å². The maximum Gasteiger partial charge on any atom is 0.122 e. The highest BCUT2D eigenvalue weighted by atomic mass is 16.5. The Morgan fingerprint density at radius 2 is 2.38 bits per heavy atom. The topological polar surface area (TPSA) is 21.6 Å². The highest BCUT2D eigenvalue weighted by molar-refractivity contribution is 5.59. The molecule has 0 aliphatic carbocycles. The van der Waals surface area contributed by atoms with Crippen molar-refractivity contribution in [2.75, 3.05) is 6.61 Å². The summed E-state index contributed by atoms with van der Waals surface area (Å²) in [5.41, 5.74) is 0. The highest BCUT2D eigenvalue weighted by Gasteiger charge is 1.74. The van der Waals surface area contributed by atoms with Crippen LogP contribution in [0.4, 0.5) is 0 Å². The average Bonchev–Trinajstić information content (AvgIpc) is 1.62. The van der Waals surface area contributed by atoms with Gasteiger partial charge in [0.15, 0.2) is 0 Å². The smallest absolute Gasteiger partial charge is 0.122 e. The molecular weight excluding hydrogens is 102 g/mol. The Morgan fingerprint density at radius 1 is 1.38 bits per heavy atom. The van der Waals surface area contributed by atoms with Crippen molar-refractivity contribution < 1.29 is 4.74 Å². The van der Waals surface area contributed by atoms with E-state index in [1.807, 2.05) is 6.08 Å². The van der Waals surface area contributed by atoms with Crippen LogP contribution >= 0.6 is 0 Å². The molecule has 1 heterocycles. The molecule has 0 amide bonds. The van der Waals surface area contributed by atoms with Crippen molar-refractivity contribution in [2.24, 2.45) is 4.99 Å². The summed E-state index contributed by atoms with van der Waals surface area (Å²) >= 11 is 0. The van der Waals surface area contributed by atoms with Gasteiger partial charge < -0.3 is 4.74 Å². The zero-order valence-corrected chi connectivity index (χ0v) is 4.45. The fourth-order valence-corrected chi connectivity index (χ4v) is 0.403. The van der Waals surface area contributed by atoms with Gasteiger partial charge in [-0.1, -0.05) is 0 Å². The maximum atomic E-state index is 4.89. The van der Waals surface area contributed by atoms with Crippen LogP contribution in [-0.2, 0) is 4.74 Å². The van der Waals surface area contributed by atoms with Crippen LogP contribution in [0.3, 0.4) is 0 Å². The van der Waals surface area contributed by atoms with Crippen molar-refractivity contribution in [3.63, 3.8) is 0 Å². The van der Waals surface area contributed by atoms with Crippen LogP contribution in [-0.4, -0.2) is 12.8 Å². The van der Waals surface area contributed by atoms with Gasteiger partial charge in [-0.3, -0.25) is 4.99 Å². The van der Waals surface area contributed by atoms with E-state index in [0.717, 1.165) is 0 Å². The molecular formula is C6H7NO. The van der Waals surface area contributed by atoms with Gasteiger partial charge >= 0.3 is 0 Å². The fourth-order valence-electron chi connectivity index (χ4n) is 0.403. The second-order valence-corrected chi connectivity index (χ2v) is 1.34. The van der Waals surface area contributed by atoms with Gasteiger partial charge in [-0.25, -0.2) is 0 Å². The van der Waals surface area contributed by atoms with Crippen LogP contribution in [0.5, 0.6) is 0 Å². The van der Waals surface area contributed by atoms with Crippen molar-refractivity contribution in [3.8, 4) is 0 Å². The van der Waals surface area contributed by atoms with E-state index in [0.29, 0.717) is 6.61 Å². The number of rotatable bonds is 0. The first-order valence-electron chi connectivity index (χ1n) is 2.45. The molecule has 2 nitrogen and oxygen atoms in total. The number of allylic oxidation sites excluding steroid dienone is 2. The fraction of sp³-hybridized carbons (Fsp3) is 0.167. The van der Waals surface area contributed by atoms with E-state index in [9.17, 15) is 0 Å². The van der Waals surface area contributed by atoms with E-state index in [1.54, 1.807) is 24.8 Å². The summed E-state index contributed by atoms with van der Waals surface area (Å²) in [7, 11) is 0. The molecule has 0 radical (unpaired) electrons. The number of hydrogen-bond donors (Lipinski definition) is 0. The molecule has 1 aliphatic heterocycles. The van der Waals surface area contributed by atoms with Gasteiger partial charge in [-0.2, -0.15) is 0 Å². The van der Waals surface area contributed by atoms with Crippen LogP contribution in [0.15, 0.2) is 29.6 Å². The van der Waals surface area contributed by atoms with Gasteiger partial charge in [0.2, 0.25) is 0 Å². The third kappa shape index (κ3) is 1.60. The Balaban J connectivity index is 2.51. The van der Waals surface area contributed by atoms with Crippen LogP contribution < -0.4 is 0 Å². The monoisotopic (exact) mass is 109 g/mol. The van der Waals surface area contributed by atoms with Gasteiger partial charge in [-0.15, -0.1) is 0 Å². The minimum absolute atomic E-state index is 0.570. The molecule has 0 unspecified atom stereocenters. The first-order valence-corrected chi connectivity index (χ1v) is 2.45. The predicted octanol–water partition coefficient (Wildman–Crippen LogP) is 1.11. The first-order chi connectivity index (χ1) is 4.00. The lowest BCUT2D eigenvalue weighted by Crippen LogP contribution is -1.87. The van der Waals surface area contributed by atoms with Gasteiger partial charge in [0, 0.05) is 12.4 Å². The van der Waals surface area contributed by atoms with E-state index in [4.69, 9.17) is 4.74 Å². The zero-order chi connectivity index (χ0) is 5.66. The molecule has 0 aromatic rings. The minimum Gasteiger partial charge on any atom is -0.496 e. The number of aliphatic imine (C=N–C) groups is 1. The molecule has 0 spiro atoms. The zero-order valence-electron chi connectivity index (χ0n) is 4.45. The van der Waals surface area contributed by atoms with Crippen molar-refractivity contribution in [3.05, 3.63) is 24.6 Å². The largest absolute Gasteiger partial charge is 0.496 e. The molecule has 1 rings (SSSR count). The third-order valence-corrected chi connectivity index (χ3v) is 0.734. The van der Waals surface area contributed by atoms with Crippen LogP contribution in [0.1, 0.15) is 0 Å². The first kappa shape index (κ1) is 5.09. The minimum atomic E-state index is 0.570. The lowest BCUT2D eigenvalue weighted by atomic mass is 10.6. The predicted molar refractivity (Wildman–Crippen MR) is 32.7 cm³/mol. The molecule has 42 valence electrons.